The maximum Gasteiger partial charge on any atom is 0.171 e. The minimum atomic E-state index is 0.266. The van der Waals surface area contributed by atoms with Gasteiger partial charge in [-0.2, -0.15) is 0 Å². The van der Waals surface area contributed by atoms with Crippen LogP contribution in [0.5, 0.6) is 11.5 Å². The zero-order valence-corrected chi connectivity index (χ0v) is 15.2. The number of nitrogens with one attached hydrogen (secondary N) is 2. The Morgan fingerprint density at radius 1 is 1.08 bits per heavy atom. The van der Waals surface area contributed by atoms with E-state index in [4.69, 9.17) is 21.7 Å². The van der Waals surface area contributed by atoms with Gasteiger partial charge in [-0.3, -0.25) is 0 Å². The smallest absolute Gasteiger partial charge is 0.171 e. The molecule has 0 fully saturated rings. The van der Waals surface area contributed by atoms with Crippen molar-refractivity contribution in [1.29, 1.82) is 0 Å². The molecule has 0 bridgehead atoms. The van der Waals surface area contributed by atoms with Crippen LogP contribution < -0.4 is 20.1 Å². The molecule has 0 aliphatic carbocycles. The number of hydrogen-bond acceptors (Lipinski definition) is 3. The van der Waals surface area contributed by atoms with Crippen LogP contribution in [-0.4, -0.2) is 25.4 Å². The molecule has 0 aromatic heterocycles. The van der Waals surface area contributed by atoms with Gasteiger partial charge in [0, 0.05) is 12.1 Å². The Kier molecular flexibility index (Phi) is 6.88. The van der Waals surface area contributed by atoms with Gasteiger partial charge in [-0.25, -0.2) is 0 Å². The van der Waals surface area contributed by atoms with Crippen molar-refractivity contribution in [3.8, 4) is 11.5 Å². The Morgan fingerprint density at radius 2 is 1.83 bits per heavy atom. The molecule has 0 amide bonds. The van der Waals surface area contributed by atoms with Crippen molar-refractivity contribution in [2.24, 2.45) is 0 Å². The first kappa shape index (κ1) is 18.1. The van der Waals surface area contributed by atoms with Crippen molar-refractivity contribution >= 4 is 23.0 Å². The van der Waals surface area contributed by atoms with Crippen LogP contribution in [0.3, 0.4) is 0 Å². The van der Waals surface area contributed by atoms with E-state index in [9.17, 15) is 0 Å². The molecule has 5 heteroatoms. The molecule has 0 saturated heterocycles. The van der Waals surface area contributed by atoms with Gasteiger partial charge in [0.15, 0.2) is 5.11 Å². The van der Waals surface area contributed by atoms with E-state index in [0.717, 1.165) is 30.0 Å². The lowest BCUT2D eigenvalue weighted by molar-refractivity contribution is 0.405. The van der Waals surface area contributed by atoms with E-state index in [-0.39, 0.29) is 6.04 Å². The van der Waals surface area contributed by atoms with Crippen molar-refractivity contribution in [2.75, 3.05) is 19.5 Å². The molecule has 1 atom stereocenters. The van der Waals surface area contributed by atoms with Gasteiger partial charge in [0.1, 0.15) is 11.5 Å². The molecule has 128 valence electrons. The van der Waals surface area contributed by atoms with Crippen molar-refractivity contribution in [2.45, 2.75) is 25.8 Å². The molecule has 0 aliphatic rings. The number of hydrogen-bond donors (Lipinski definition) is 2. The highest BCUT2D eigenvalue weighted by atomic mass is 32.1. The number of ether oxygens (including phenoxy) is 2. The number of thiocarbonyl (C=S) groups is 1. The van der Waals surface area contributed by atoms with Gasteiger partial charge in [-0.15, -0.1) is 0 Å². The van der Waals surface area contributed by atoms with Gasteiger partial charge in [-0.1, -0.05) is 30.3 Å². The Labute approximate surface area is 149 Å². The average Bonchev–Trinajstić information content (AvgIpc) is 2.60. The van der Waals surface area contributed by atoms with Crippen molar-refractivity contribution in [1.82, 2.24) is 5.32 Å². The van der Waals surface area contributed by atoms with Crippen LogP contribution >= 0.6 is 12.2 Å². The number of methoxy groups -OCH3 is 2. The van der Waals surface area contributed by atoms with E-state index in [1.807, 2.05) is 24.3 Å². The first-order chi connectivity index (χ1) is 11.6. The topological polar surface area (TPSA) is 42.5 Å². The molecule has 2 aromatic carbocycles. The van der Waals surface area contributed by atoms with Crippen LogP contribution in [0.1, 0.15) is 18.9 Å². The minimum absolute atomic E-state index is 0.266. The van der Waals surface area contributed by atoms with Crippen LogP contribution in [0.15, 0.2) is 48.5 Å². The molecule has 2 N–H and O–H groups in total. The number of anilines is 1. The van der Waals surface area contributed by atoms with Crippen LogP contribution in [0.25, 0.3) is 0 Å². The van der Waals surface area contributed by atoms with Crippen molar-refractivity contribution in [3.05, 3.63) is 54.1 Å². The predicted octanol–water partition coefficient (Wildman–Crippen LogP) is 4.01. The van der Waals surface area contributed by atoms with Crippen LogP contribution in [0, 0.1) is 0 Å². The molecular weight excluding hydrogens is 320 g/mol. The molecule has 24 heavy (non-hydrogen) atoms. The number of rotatable bonds is 7. The average molecular weight is 344 g/mol. The Hall–Kier alpha value is -2.27. The third kappa shape index (κ3) is 5.42. The van der Waals surface area contributed by atoms with E-state index >= 15 is 0 Å². The molecular formula is C19H24N2O2S. The van der Waals surface area contributed by atoms with Crippen LogP contribution in [0.2, 0.25) is 0 Å². The summed E-state index contributed by atoms with van der Waals surface area (Å²) in [5.41, 5.74) is 2.11. The lowest BCUT2D eigenvalue weighted by Gasteiger charge is -2.18. The highest BCUT2D eigenvalue weighted by Gasteiger charge is 2.09. The van der Waals surface area contributed by atoms with Gasteiger partial charge < -0.3 is 20.1 Å². The summed E-state index contributed by atoms with van der Waals surface area (Å²) in [6.07, 6.45) is 2.02. The lowest BCUT2D eigenvalue weighted by atomic mass is 10.1. The summed E-state index contributed by atoms with van der Waals surface area (Å²) < 4.78 is 10.6. The van der Waals surface area contributed by atoms with Crippen molar-refractivity contribution in [3.63, 3.8) is 0 Å². The zero-order chi connectivity index (χ0) is 17.4. The summed E-state index contributed by atoms with van der Waals surface area (Å²) in [6.45, 7) is 2.12. The molecule has 0 spiro atoms. The largest absolute Gasteiger partial charge is 0.497 e. The Morgan fingerprint density at radius 3 is 2.50 bits per heavy atom. The highest BCUT2D eigenvalue weighted by Crippen LogP contribution is 2.28. The van der Waals surface area contributed by atoms with E-state index in [0.29, 0.717) is 5.11 Å². The SMILES string of the molecule is COc1ccc(OC)c(NC(=S)NC(C)CCc2ccccc2)c1. The number of aryl methyl sites for hydroxylation is 1. The lowest BCUT2D eigenvalue weighted by Crippen LogP contribution is -2.36. The molecule has 0 saturated carbocycles. The van der Waals surface area contributed by atoms with Gasteiger partial charge >= 0.3 is 0 Å². The zero-order valence-electron chi connectivity index (χ0n) is 14.3. The van der Waals surface area contributed by atoms with Gasteiger partial charge in [0.05, 0.1) is 19.9 Å². The normalized spacial score (nSPS) is 11.5. The maximum atomic E-state index is 5.41. The first-order valence-corrected chi connectivity index (χ1v) is 8.36. The van der Waals surface area contributed by atoms with Gasteiger partial charge in [0.25, 0.3) is 0 Å². The van der Waals surface area contributed by atoms with Crippen LogP contribution in [0.4, 0.5) is 5.69 Å². The van der Waals surface area contributed by atoms with E-state index in [2.05, 4.69) is 41.8 Å². The quantitative estimate of drug-likeness (QED) is 0.743. The highest BCUT2D eigenvalue weighted by molar-refractivity contribution is 7.80. The van der Waals surface area contributed by atoms with E-state index in [1.54, 1.807) is 14.2 Å². The predicted molar refractivity (Wildman–Crippen MR) is 103 cm³/mol. The van der Waals surface area contributed by atoms with Crippen LogP contribution in [-0.2, 0) is 6.42 Å². The third-order valence-electron chi connectivity index (χ3n) is 3.74. The maximum absolute atomic E-state index is 5.41. The summed E-state index contributed by atoms with van der Waals surface area (Å²) in [6, 6.07) is 16.3. The van der Waals surface area contributed by atoms with Gasteiger partial charge in [-0.05, 0) is 49.7 Å². The second-order valence-corrected chi connectivity index (χ2v) is 6.00. The molecule has 0 radical (unpaired) electrons. The molecule has 1 unspecified atom stereocenters. The number of benzene rings is 2. The second-order valence-electron chi connectivity index (χ2n) is 5.59. The third-order valence-corrected chi connectivity index (χ3v) is 3.96. The van der Waals surface area contributed by atoms with Gasteiger partial charge in [0.2, 0.25) is 0 Å². The summed E-state index contributed by atoms with van der Waals surface area (Å²) in [7, 11) is 3.26. The molecule has 0 aliphatic heterocycles. The summed E-state index contributed by atoms with van der Waals surface area (Å²) in [4.78, 5) is 0. The molecule has 4 nitrogen and oxygen atoms in total. The fourth-order valence-corrected chi connectivity index (χ4v) is 2.71. The monoisotopic (exact) mass is 344 g/mol. The second kappa shape index (κ2) is 9.13. The molecule has 2 rings (SSSR count). The Balaban J connectivity index is 1.88. The fraction of sp³-hybridized carbons (Fsp3) is 0.316. The van der Waals surface area contributed by atoms with E-state index < -0.39 is 0 Å². The molecule has 2 aromatic rings. The Bertz CT molecular complexity index is 662. The minimum Gasteiger partial charge on any atom is -0.497 e. The van der Waals surface area contributed by atoms with Crippen molar-refractivity contribution < 1.29 is 9.47 Å². The standard InChI is InChI=1S/C19H24N2O2S/c1-14(9-10-15-7-5-4-6-8-15)20-19(24)21-17-13-16(22-2)11-12-18(17)23-3/h4-8,11-14H,9-10H2,1-3H3,(H2,20,21,24). The first-order valence-electron chi connectivity index (χ1n) is 7.96. The summed E-state index contributed by atoms with van der Waals surface area (Å²) >= 11 is 5.41. The molecule has 0 heterocycles. The summed E-state index contributed by atoms with van der Waals surface area (Å²) in [5, 5.41) is 7.06. The fourth-order valence-electron chi connectivity index (χ4n) is 2.39. The van der Waals surface area contributed by atoms with E-state index in [1.165, 1.54) is 5.56 Å². The summed E-state index contributed by atoms with van der Waals surface area (Å²) in [5.74, 6) is 1.47.